The third-order valence-corrected chi connectivity index (χ3v) is 5.90. The Morgan fingerprint density at radius 1 is 1.06 bits per heavy atom. The third kappa shape index (κ3) is 6.97. The number of morpholine rings is 1. The summed E-state index contributed by atoms with van der Waals surface area (Å²) in [4.78, 5) is 20.6. The van der Waals surface area contributed by atoms with E-state index < -0.39 is 0 Å². The summed E-state index contributed by atoms with van der Waals surface area (Å²) in [7, 11) is 0. The standard InChI is InChI=1S/C23H32FN7O.HI/c1-2-25-22(30-10-12-31(13-11-30)23-26-8-3-9-27-23)28-18-21(29-14-16-32-17-15-29)19-4-6-20(24)7-5-19;/h3-9,21H,2,10-18H2,1H3,(H,25,28);1H. The van der Waals surface area contributed by atoms with E-state index >= 15 is 0 Å². The van der Waals surface area contributed by atoms with Crippen molar-refractivity contribution in [1.29, 1.82) is 0 Å². The van der Waals surface area contributed by atoms with Gasteiger partial charge in [0.15, 0.2) is 5.96 Å². The van der Waals surface area contributed by atoms with Crippen LogP contribution in [-0.2, 0) is 4.74 Å². The second-order valence-electron chi connectivity index (χ2n) is 7.93. The second-order valence-corrected chi connectivity index (χ2v) is 7.93. The molecule has 1 aromatic carbocycles. The molecule has 180 valence electrons. The van der Waals surface area contributed by atoms with Crippen LogP contribution in [0.25, 0.3) is 0 Å². The van der Waals surface area contributed by atoms with Gasteiger partial charge in [-0.25, -0.2) is 14.4 Å². The van der Waals surface area contributed by atoms with E-state index in [0.29, 0.717) is 19.8 Å². The summed E-state index contributed by atoms with van der Waals surface area (Å²) in [5.41, 5.74) is 1.08. The van der Waals surface area contributed by atoms with Gasteiger partial charge in [-0.15, -0.1) is 24.0 Å². The Bertz CT molecular complexity index is 857. The molecule has 2 aliphatic rings. The van der Waals surface area contributed by atoms with Gasteiger partial charge in [0, 0.05) is 58.2 Å². The number of aliphatic imine (C=N–C) groups is 1. The highest BCUT2D eigenvalue weighted by Crippen LogP contribution is 2.23. The lowest BCUT2D eigenvalue weighted by atomic mass is 10.0. The van der Waals surface area contributed by atoms with Crippen LogP contribution < -0.4 is 10.2 Å². The van der Waals surface area contributed by atoms with Crippen LogP contribution in [0.4, 0.5) is 10.3 Å². The summed E-state index contributed by atoms with van der Waals surface area (Å²) in [5, 5.41) is 3.45. The van der Waals surface area contributed by atoms with Gasteiger partial charge in [0.1, 0.15) is 5.82 Å². The first-order chi connectivity index (χ1) is 15.7. The lowest BCUT2D eigenvalue weighted by Crippen LogP contribution is -2.53. The maximum atomic E-state index is 13.5. The SMILES string of the molecule is CCNC(=NCC(c1ccc(F)cc1)N1CCOCC1)N1CCN(c2ncccn2)CC1.I. The zero-order valence-electron chi connectivity index (χ0n) is 19.1. The van der Waals surface area contributed by atoms with Crippen molar-refractivity contribution in [1.82, 2.24) is 25.1 Å². The lowest BCUT2D eigenvalue weighted by molar-refractivity contribution is 0.0179. The van der Waals surface area contributed by atoms with Crippen LogP contribution in [0.2, 0.25) is 0 Å². The smallest absolute Gasteiger partial charge is 0.225 e. The molecule has 8 nitrogen and oxygen atoms in total. The van der Waals surface area contributed by atoms with E-state index in [-0.39, 0.29) is 35.8 Å². The monoisotopic (exact) mass is 569 g/mol. The fourth-order valence-corrected chi connectivity index (χ4v) is 4.18. The highest BCUT2D eigenvalue weighted by Gasteiger charge is 2.25. The predicted octanol–water partition coefficient (Wildman–Crippen LogP) is 2.39. The van der Waals surface area contributed by atoms with Crippen molar-refractivity contribution in [2.45, 2.75) is 13.0 Å². The molecule has 1 atom stereocenters. The Morgan fingerprint density at radius 2 is 1.73 bits per heavy atom. The summed E-state index contributed by atoms with van der Waals surface area (Å²) in [6, 6.07) is 8.73. The molecule has 2 fully saturated rings. The fraction of sp³-hybridized carbons (Fsp3) is 0.522. The number of piperazine rings is 1. The van der Waals surface area contributed by atoms with Gasteiger partial charge in [-0.3, -0.25) is 9.89 Å². The number of benzene rings is 1. The van der Waals surface area contributed by atoms with Crippen molar-refractivity contribution in [2.75, 3.05) is 70.5 Å². The van der Waals surface area contributed by atoms with Gasteiger partial charge in [-0.2, -0.15) is 0 Å². The number of aromatic nitrogens is 2. The van der Waals surface area contributed by atoms with Gasteiger partial charge in [0.2, 0.25) is 5.95 Å². The Labute approximate surface area is 212 Å². The van der Waals surface area contributed by atoms with Crippen molar-refractivity contribution in [3.8, 4) is 0 Å². The van der Waals surface area contributed by atoms with Crippen LogP contribution in [-0.4, -0.2) is 91.3 Å². The molecule has 4 rings (SSSR count). The van der Waals surface area contributed by atoms with Gasteiger partial charge >= 0.3 is 0 Å². The van der Waals surface area contributed by atoms with Crippen molar-refractivity contribution in [3.63, 3.8) is 0 Å². The van der Waals surface area contributed by atoms with Crippen LogP contribution in [0.1, 0.15) is 18.5 Å². The maximum Gasteiger partial charge on any atom is 0.225 e. The van der Waals surface area contributed by atoms with Gasteiger partial charge in [-0.05, 0) is 30.7 Å². The number of anilines is 1. The molecule has 2 aromatic rings. The molecule has 2 aliphatic heterocycles. The fourth-order valence-electron chi connectivity index (χ4n) is 4.18. The Morgan fingerprint density at radius 3 is 2.36 bits per heavy atom. The van der Waals surface area contributed by atoms with Gasteiger partial charge in [0.25, 0.3) is 0 Å². The Hall–Kier alpha value is -2.05. The van der Waals surface area contributed by atoms with Gasteiger partial charge < -0.3 is 19.9 Å². The first kappa shape index (κ1) is 25.6. The summed E-state index contributed by atoms with van der Waals surface area (Å²) in [6.45, 7) is 10.0. The highest BCUT2D eigenvalue weighted by atomic mass is 127. The van der Waals surface area contributed by atoms with Crippen molar-refractivity contribution < 1.29 is 9.13 Å². The molecule has 0 saturated carbocycles. The number of nitrogens with zero attached hydrogens (tertiary/aromatic N) is 6. The largest absolute Gasteiger partial charge is 0.379 e. The topological polar surface area (TPSA) is 69.1 Å². The molecule has 0 aliphatic carbocycles. The highest BCUT2D eigenvalue weighted by molar-refractivity contribution is 14.0. The molecular formula is C23H33FIN7O. The minimum absolute atomic E-state index is 0. The van der Waals surface area contributed by atoms with Crippen LogP contribution >= 0.6 is 24.0 Å². The summed E-state index contributed by atoms with van der Waals surface area (Å²) in [6.07, 6.45) is 3.56. The molecule has 0 bridgehead atoms. The third-order valence-electron chi connectivity index (χ3n) is 5.90. The molecule has 0 spiro atoms. The molecule has 33 heavy (non-hydrogen) atoms. The average Bonchev–Trinajstić information content (AvgIpc) is 2.86. The number of halogens is 2. The van der Waals surface area contributed by atoms with Crippen molar-refractivity contribution in [3.05, 3.63) is 54.1 Å². The summed E-state index contributed by atoms with van der Waals surface area (Å²) in [5.74, 6) is 1.48. The normalized spacial score (nSPS) is 18.5. The van der Waals surface area contributed by atoms with E-state index in [0.717, 1.165) is 63.3 Å². The Balaban J connectivity index is 0.00000306. The predicted molar refractivity (Wildman–Crippen MR) is 139 cm³/mol. The van der Waals surface area contributed by atoms with Crippen LogP contribution in [0.5, 0.6) is 0 Å². The van der Waals surface area contributed by atoms with E-state index in [4.69, 9.17) is 9.73 Å². The average molecular weight is 569 g/mol. The summed E-state index contributed by atoms with van der Waals surface area (Å²) < 4.78 is 19.1. The molecule has 3 heterocycles. The number of ether oxygens (including phenoxy) is 1. The first-order valence-electron chi connectivity index (χ1n) is 11.4. The van der Waals surface area contributed by atoms with E-state index in [1.165, 1.54) is 12.1 Å². The second kappa shape index (κ2) is 13.0. The molecule has 10 heteroatoms. The molecule has 0 radical (unpaired) electrons. The molecule has 1 N–H and O–H groups in total. The number of rotatable bonds is 6. The quantitative estimate of drug-likeness (QED) is 0.326. The number of hydrogen-bond acceptors (Lipinski definition) is 6. The first-order valence-corrected chi connectivity index (χ1v) is 11.4. The lowest BCUT2D eigenvalue weighted by Gasteiger charge is -2.37. The summed E-state index contributed by atoms with van der Waals surface area (Å²) >= 11 is 0. The van der Waals surface area contributed by atoms with Gasteiger partial charge in [-0.1, -0.05) is 12.1 Å². The van der Waals surface area contributed by atoms with Crippen LogP contribution in [0.3, 0.4) is 0 Å². The minimum atomic E-state index is -0.216. The molecule has 0 amide bonds. The van der Waals surface area contributed by atoms with Crippen LogP contribution in [0, 0.1) is 5.82 Å². The molecule has 1 unspecified atom stereocenters. The van der Waals surface area contributed by atoms with E-state index in [1.807, 2.05) is 18.2 Å². The zero-order chi connectivity index (χ0) is 22.2. The van der Waals surface area contributed by atoms with Crippen molar-refractivity contribution >= 4 is 35.9 Å². The van der Waals surface area contributed by atoms with E-state index in [9.17, 15) is 4.39 Å². The number of guanidine groups is 1. The zero-order valence-corrected chi connectivity index (χ0v) is 21.4. The molecular weight excluding hydrogens is 536 g/mol. The van der Waals surface area contributed by atoms with E-state index in [1.54, 1.807) is 12.4 Å². The minimum Gasteiger partial charge on any atom is -0.379 e. The number of nitrogens with one attached hydrogen (secondary N) is 1. The molecule has 1 aromatic heterocycles. The van der Waals surface area contributed by atoms with Crippen molar-refractivity contribution in [2.24, 2.45) is 4.99 Å². The maximum absolute atomic E-state index is 13.5. The van der Waals surface area contributed by atoms with Crippen LogP contribution in [0.15, 0.2) is 47.7 Å². The van der Waals surface area contributed by atoms with E-state index in [2.05, 4.69) is 36.9 Å². The Kier molecular flexibility index (Phi) is 10.1. The molecule has 2 saturated heterocycles. The number of hydrogen-bond donors (Lipinski definition) is 1. The van der Waals surface area contributed by atoms with Gasteiger partial charge in [0.05, 0.1) is 25.8 Å².